The first-order chi connectivity index (χ1) is 10.8. The minimum Gasteiger partial charge on any atom is -0.390 e. The maximum Gasteiger partial charge on any atom is 0.0966 e. The summed E-state index contributed by atoms with van der Waals surface area (Å²) in [4.78, 5) is 4.66. The van der Waals surface area contributed by atoms with Crippen molar-refractivity contribution in [3.63, 3.8) is 0 Å². The number of aliphatic imine (C=N–C) groups is 1. The van der Waals surface area contributed by atoms with Crippen molar-refractivity contribution in [1.82, 2.24) is 5.32 Å². The summed E-state index contributed by atoms with van der Waals surface area (Å²) in [6, 6.07) is 0.246. The highest BCUT2D eigenvalue weighted by atomic mass is 16.3. The summed E-state index contributed by atoms with van der Waals surface area (Å²) in [6.45, 7) is 11.1. The number of aliphatic hydroxyl groups is 1. The third-order valence-corrected chi connectivity index (χ3v) is 5.77. The van der Waals surface area contributed by atoms with E-state index in [0.29, 0.717) is 0 Å². The van der Waals surface area contributed by atoms with E-state index >= 15 is 0 Å². The maximum absolute atomic E-state index is 10.4. The Morgan fingerprint density at radius 2 is 1.48 bits per heavy atom. The molecule has 0 aromatic heterocycles. The molecule has 3 nitrogen and oxygen atoms in total. The minimum absolute atomic E-state index is 0.184. The molecule has 0 amide bonds. The first-order valence-electron chi connectivity index (χ1n) is 9.81. The van der Waals surface area contributed by atoms with Crippen molar-refractivity contribution < 1.29 is 5.11 Å². The lowest BCUT2D eigenvalue weighted by Gasteiger charge is -2.42. The van der Waals surface area contributed by atoms with Crippen LogP contribution >= 0.6 is 0 Å². The summed E-state index contributed by atoms with van der Waals surface area (Å²) in [5.74, 6) is 1.15. The number of rotatable bonds is 12. The van der Waals surface area contributed by atoms with Gasteiger partial charge in [0.15, 0.2) is 0 Å². The van der Waals surface area contributed by atoms with Gasteiger partial charge in [0.1, 0.15) is 0 Å². The van der Waals surface area contributed by atoms with Crippen molar-refractivity contribution in [2.45, 2.75) is 110 Å². The molecule has 0 saturated heterocycles. The van der Waals surface area contributed by atoms with Gasteiger partial charge in [-0.2, -0.15) is 0 Å². The third kappa shape index (κ3) is 6.82. The molecule has 0 bridgehead atoms. The van der Waals surface area contributed by atoms with Gasteiger partial charge >= 0.3 is 0 Å². The molecule has 1 aliphatic rings. The summed E-state index contributed by atoms with van der Waals surface area (Å²) < 4.78 is 0. The maximum atomic E-state index is 10.4. The van der Waals surface area contributed by atoms with Crippen LogP contribution in [0.25, 0.3) is 0 Å². The average Bonchev–Trinajstić information content (AvgIpc) is 2.94. The Kier molecular flexibility index (Phi) is 8.60. The van der Waals surface area contributed by atoms with E-state index in [9.17, 15) is 5.11 Å². The van der Waals surface area contributed by atoms with E-state index < -0.39 is 5.60 Å². The Hall–Kier alpha value is -0.570. The molecular formula is C20H40N2O. The Morgan fingerprint density at radius 3 is 2.00 bits per heavy atom. The van der Waals surface area contributed by atoms with E-state index in [1.807, 2.05) is 13.8 Å². The minimum atomic E-state index is -0.701. The van der Waals surface area contributed by atoms with Crippen molar-refractivity contribution in [3.05, 3.63) is 0 Å². The molecular weight excluding hydrogens is 284 g/mol. The summed E-state index contributed by atoms with van der Waals surface area (Å²) in [5.41, 5.74) is -0.885. The van der Waals surface area contributed by atoms with E-state index in [1.165, 1.54) is 57.8 Å². The van der Waals surface area contributed by atoms with Crippen LogP contribution < -0.4 is 5.32 Å². The monoisotopic (exact) mass is 324 g/mol. The van der Waals surface area contributed by atoms with Gasteiger partial charge in [-0.05, 0) is 20.3 Å². The van der Waals surface area contributed by atoms with Crippen molar-refractivity contribution in [1.29, 1.82) is 0 Å². The molecule has 1 heterocycles. The van der Waals surface area contributed by atoms with Crippen LogP contribution in [-0.4, -0.2) is 29.1 Å². The van der Waals surface area contributed by atoms with Gasteiger partial charge in [-0.25, -0.2) is 0 Å². The first kappa shape index (κ1) is 20.5. The van der Waals surface area contributed by atoms with E-state index in [4.69, 9.17) is 0 Å². The Labute approximate surface area is 144 Å². The van der Waals surface area contributed by atoms with Gasteiger partial charge in [0.05, 0.1) is 24.0 Å². The van der Waals surface area contributed by atoms with Gasteiger partial charge in [-0.15, -0.1) is 0 Å². The number of amidine groups is 1. The molecule has 0 radical (unpaired) electrons. The van der Waals surface area contributed by atoms with Crippen LogP contribution in [-0.2, 0) is 0 Å². The second-order valence-corrected chi connectivity index (χ2v) is 8.34. The van der Waals surface area contributed by atoms with Gasteiger partial charge in [0, 0.05) is 11.8 Å². The molecule has 0 aliphatic carbocycles. The Morgan fingerprint density at radius 1 is 0.957 bits per heavy atom. The highest BCUT2D eigenvalue weighted by Gasteiger charge is 2.43. The van der Waals surface area contributed by atoms with Gasteiger partial charge in [0.2, 0.25) is 0 Å². The first-order valence-corrected chi connectivity index (χ1v) is 9.81. The van der Waals surface area contributed by atoms with Crippen LogP contribution in [0.15, 0.2) is 4.99 Å². The number of nitrogens with one attached hydrogen (secondary N) is 1. The molecule has 0 saturated carbocycles. The summed E-state index contributed by atoms with van der Waals surface area (Å²) in [5, 5.41) is 13.9. The highest BCUT2D eigenvalue weighted by molar-refractivity contribution is 5.84. The van der Waals surface area contributed by atoms with Crippen LogP contribution in [0, 0.1) is 5.41 Å². The lowest BCUT2D eigenvalue weighted by Crippen LogP contribution is -2.53. The van der Waals surface area contributed by atoms with Crippen LogP contribution in [0.2, 0.25) is 0 Å². The van der Waals surface area contributed by atoms with E-state index in [2.05, 4.69) is 31.1 Å². The number of hydrogen-bond acceptors (Lipinski definition) is 3. The molecule has 2 N–H and O–H groups in total. The van der Waals surface area contributed by atoms with Crippen LogP contribution in [0.4, 0.5) is 0 Å². The van der Waals surface area contributed by atoms with Crippen molar-refractivity contribution in [3.8, 4) is 0 Å². The molecule has 1 rings (SSSR count). The van der Waals surface area contributed by atoms with Gasteiger partial charge in [0.25, 0.3) is 0 Å². The normalized spacial score (nSPS) is 18.9. The standard InChI is InChI=1S/C20H40N2O/c1-6-7-8-9-10-11-12-13-14-15-18-21-16-17(22-18)19(2,3)20(4,5)23/h17,23H,6-16H2,1-5H3,(H,21,22). The molecule has 1 aliphatic heterocycles. The molecule has 3 heteroatoms. The Bertz CT molecular complexity index is 355. The molecule has 136 valence electrons. The lowest BCUT2D eigenvalue weighted by molar-refractivity contribution is -0.0492. The topological polar surface area (TPSA) is 44.6 Å². The van der Waals surface area contributed by atoms with Crippen molar-refractivity contribution in [2.24, 2.45) is 10.4 Å². The highest BCUT2D eigenvalue weighted by Crippen LogP contribution is 2.35. The zero-order valence-electron chi connectivity index (χ0n) is 16.2. The van der Waals surface area contributed by atoms with E-state index in [1.54, 1.807) is 0 Å². The van der Waals surface area contributed by atoms with Crippen LogP contribution in [0.1, 0.15) is 98.8 Å². The second-order valence-electron chi connectivity index (χ2n) is 8.34. The third-order valence-electron chi connectivity index (χ3n) is 5.77. The molecule has 0 aromatic carbocycles. The van der Waals surface area contributed by atoms with E-state index in [0.717, 1.165) is 18.8 Å². The Balaban J connectivity index is 2.10. The predicted molar refractivity (Wildman–Crippen MR) is 101 cm³/mol. The van der Waals surface area contributed by atoms with Crippen LogP contribution in [0.5, 0.6) is 0 Å². The molecule has 0 aromatic rings. The largest absolute Gasteiger partial charge is 0.390 e. The predicted octanol–water partition coefficient (Wildman–Crippen LogP) is 5.07. The molecule has 1 atom stereocenters. The van der Waals surface area contributed by atoms with Gasteiger partial charge < -0.3 is 10.4 Å². The molecule has 23 heavy (non-hydrogen) atoms. The fourth-order valence-corrected chi connectivity index (χ4v) is 3.08. The van der Waals surface area contributed by atoms with Gasteiger partial charge in [-0.1, -0.05) is 72.1 Å². The smallest absolute Gasteiger partial charge is 0.0966 e. The van der Waals surface area contributed by atoms with Gasteiger partial charge in [-0.3, -0.25) is 4.99 Å². The summed E-state index contributed by atoms with van der Waals surface area (Å²) >= 11 is 0. The zero-order valence-corrected chi connectivity index (χ0v) is 16.2. The van der Waals surface area contributed by atoms with Crippen molar-refractivity contribution in [2.75, 3.05) is 6.54 Å². The molecule has 1 unspecified atom stereocenters. The second kappa shape index (κ2) is 9.66. The quantitative estimate of drug-likeness (QED) is 0.492. The number of nitrogens with zero attached hydrogens (tertiary/aromatic N) is 1. The fraction of sp³-hybridized carbons (Fsp3) is 0.950. The molecule has 0 spiro atoms. The summed E-state index contributed by atoms with van der Waals surface area (Å²) in [6.07, 6.45) is 13.3. The SMILES string of the molecule is CCCCCCCCCCCC1=NCC(C(C)(C)C(C)(C)O)N1. The van der Waals surface area contributed by atoms with Crippen molar-refractivity contribution >= 4 is 5.84 Å². The number of hydrogen-bond donors (Lipinski definition) is 2. The zero-order chi connectivity index (χ0) is 17.3. The fourth-order valence-electron chi connectivity index (χ4n) is 3.08. The number of unbranched alkanes of at least 4 members (excludes halogenated alkanes) is 8. The average molecular weight is 325 g/mol. The summed E-state index contributed by atoms with van der Waals surface area (Å²) in [7, 11) is 0. The van der Waals surface area contributed by atoms with E-state index in [-0.39, 0.29) is 11.5 Å². The molecule has 0 fully saturated rings. The lowest BCUT2D eigenvalue weighted by atomic mass is 9.71. The van der Waals surface area contributed by atoms with Crippen LogP contribution in [0.3, 0.4) is 0 Å².